The molecule has 0 saturated carbocycles. The first kappa shape index (κ1) is 12.6. The molecule has 4 heteroatoms. The van der Waals surface area contributed by atoms with Crippen molar-refractivity contribution in [1.29, 1.82) is 0 Å². The standard InChI is InChI=1S/C16H14N2O2/c1-11-7-8-14-13(9-11)15(16(20)18(14)10-19)17-12-5-3-2-4-6-12/h2-9,19H,10H2,1H3. The smallest absolute Gasteiger partial charge is 0.279 e. The van der Waals surface area contributed by atoms with Crippen LogP contribution in [0.3, 0.4) is 0 Å². The second-order valence-electron chi connectivity index (χ2n) is 4.69. The Morgan fingerprint density at radius 2 is 1.90 bits per heavy atom. The van der Waals surface area contributed by atoms with Gasteiger partial charge in [-0.15, -0.1) is 0 Å². The van der Waals surface area contributed by atoms with Crippen molar-refractivity contribution in [2.75, 3.05) is 11.6 Å². The highest BCUT2D eigenvalue weighted by atomic mass is 16.3. The molecule has 20 heavy (non-hydrogen) atoms. The Hall–Kier alpha value is -2.46. The fraction of sp³-hybridized carbons (Fsp3) is 0.125. The second kappa shape index (κ2) is 4.90. The van der Waals surface area contributed by atoms with Gasteiger partial charge in [0.25, 0.3) is 5.91 Å². The number of hydrogen-bond acceptors (Lipinski definition) is 3. The van der Waals surface area contributed by atoms with E-state index in [0.29, 0.717) is 11.4 Å². The maximum atomic E-state index is 12.3. The molecule has 0 aromatic heterocycles. The van der Waals surface area contributed by atoms with Crippen molar-refractivity contribution in [2.24, 2.45) is 4.99 Å². The van der Waals surface area contributed by atoms with E-state index in [0.717, 1.165) is 16.8 Å². The normalized spacial score (nSPS) is 15.8. The molecule has 2 aromatic carbocycles. The summed E-state index contributed by atoms with van der Waals surface area (Å²) < 4.78 is 0. The van der Waals surface area contributed by atoms with Gasteiger partial charge < -0.3 is 5.11 Å². The number of carbonyl (C=O) groups is 1. The molecule has 1 N–H and O–H groups in total. The molecule has 0 spiro atoms. The Kier molecular flexibility index (Phi) is 3.08. The Morgan fingerprint density at radius 3 is 2.60 bits per heavy atom. The van der Waals surface area contributed by atoms with Gasteiger partial charge in [-0.1, -0.05) is 29.8 Å². The predicted octanol–water partition coefficient (Wildman–Crippen LogP) is 2.41. The molecule has 0 atom stereocenters. The Morgan fingerprint density at radius 1 is 1.15 bits per heavy atom. The monoisotopic (exact) mass is 266 g/mol. The van der Waals surface area contributed by atoms with Crippen molar-refractivity contribution in [3.63, 3.8) is 0 Å². The summed E-state index contributed by atoms with van der Waals surface area (Å²) in [5.74, 6) is -0.267. The third-order valence-corrected chi connectivity index (χ3v) is 3.28. The molecule has 0 fully saturated rings. The summed E-state index contributed by atoms with van der Waals surface area (Å²) in [6.07, 6.45) is 0. The van der Waals surface area contributed by atoms with Gasteiger partial charge in [0.05, 0.1) is 11.4 Å². The zero-order valence-corrected chi connectivity index (χ0v) is 11.1. The zero-order chi connectivity index (χ0) is 14.1. The summed E-state index contributed by atoms with van der Waals surface area (Å²) >= 11 is 0. The first-order chi connectivity index (χ1) is 9.70. The number of amides is 1. The highest BCUT2D eigenvalue weighted by molar-refractivity contribution is 6.54. The maximum absolute atomic E-state index is 12.3. The SMILES string of the molecule is Cc1ccc2c(c1)C(=Nc1ccccc1)C(=O)N2CO. The lowest BCUT2D eigenvalue weighted by molar-refractivity contribution is -0.112. The van der Waals surface area contributed by atoms with Crippen LogP contribution >= 0.6 is 0 Å². The van der Waals surface area contributed by atoms with Crippen LogP contribution in [0.25, 0.3) is 0 Å². The summed E-state index contributed by atoms with van der Waals surface area (Å²) in [6, 6.07) is 15.0. The summed E-state index contributed by atoms with van der Waals surface area (Å²) in [7, 11) is 0. The lowest BCUT2D eigenvalue weighted by Gasteiger charge is -2.12. The van der Waals surface area contributed by atoms with Gasteiger partial charge in [0, 0.05) is 5.56 Å². The summed E-state index contributed by atoms with van der Waals surface area (Å²) in [5, 5.41) is 9.39. The van der Waals surface area contributed by atoms with Crippen molar-refractivity contribution in [2.45, 2.75) is 6.92 Å². The third-order valence-electron chi connectivity index (χ3n) is 3.28. The molecule has 0 saturated heterocycles. The van der Waals surface area contributed by atoms with Crippen LogP contribution in [-0.4, -0.2) is 23.5 Å². The molecule has 1 aliphatic heterocycles. The minimum atomic E-state index is -0.345. The highest BCUT2D eigenvalue weighted by Gasteiger charge is 2.33. The fourth-order valence-electron chi connectivity index (χ4n) is 2.31. The van der Waals surface area contributed by atoms with Gasteiger partial charge in [-0.25, -0.2) is 4.99 Å². The summed E-state index contributed by atoms with van der Waals surface area (Å²) in [4.78, 5) is 18.1. The van der Waals surface area contributed by atoms with E-state index >= 15 is 0 Å². The molecule has 0 aliphatic carbocycles. The van der Waals surface area contributed by atoms with Gasteiger partial charge in [0.2, 0.25) is 0 Å². The summed E-state index contributed by atoms with van der Waals surface area (Å²) in [5.41, 5.74) is 3.63. The average Bonchev–Trinajstić information content (AvgIpc) is 2.72. The van der Waals surface area contributed by atoms with Crippen LogP contribution in [0.2, 0.25) is 0 Å². The van der Waals surface area contributed by atoms with Crippen molar-refractivity contribution in [1.82, 2.24) is 0 Å². The Labute approximate surface area is 117 Å². The molecule has 2 aromatic rings. The van der Waals surface area contributed by atoms with Crippen LogP contribution in [0.1, 0.15) is 11.1 Å². The molecule has 0 bridgehead atoms. The van der Waals surface area contributed by atoms with E-state index < -0.39 is 0 Å². The minimum Gasteiger partial charge on any atom is -0.376 e. The lowest BCUT2D eigenvalue weighted by Crippen LogP contribution is -2.30. The number of aliphatic hydroxyl groups excluding tert-OH is 1. The van der Waals surface area contributed by atoms with Crippen LogP contribution < -0.4 is 4.90 Å². The average molecular weight is 266 g/mol. The van der Waals surface area contributed by atoms with Gasteiger partial charge in [-0.05, 0) is 31.2 Å². The van der Waals surface area contributed by atoms with Crippen molar-refractivity contribution < 1.29 is 9.90 Å². The Balaban J connectivity index is 2.15. The molecule has 3 rings (SSSR count). The molecule has 1 amide bonds. The number of aliphatic hydroxyl groups is 1. The largest absolute Gasteiger partial charge is 0.376 e. The molecular formula is C16H14N2O2. The molecule has 0 unspecified atom stereocenters. The maximum Gasteiger partial charge on any atom is 0.279 e. The zero-order valence-electron chi connectivity index (χ0n) is 11.1. The molecule has 0 radical (unpaired) electrons. The minimum absolute atomic E-state index is 0.267. The third kappa shape index (κ3) is 2.00. The number of anilines is 1. The lowest BCUT2D eigenvalue weighted by atomic mass is 10.1. The number of rotatable bonds is 2. The van der Waals surface area contributed by atoms with E-state index in [2.05, 4.69) is 4.99 Å². The van der Waals surface area contributed by atoms with E-state index in [-0.39, 0.29) is 12.6 Å². The van der Waals surface area contributed by atoms with Crippen molar-refractivity contribution >= 4 is 23.0 Å². The number of fused-ring (bicyclic) bond motifs is 1. The van der Waals surface area contributed by atoms with Crippen molar-refractivity contribution in [3.05, 3.63) is 59.7 Å². The van der Waals surface area contributed by atoms with Gasteiger partial charge in [0.1, 0.15) is 12.4 Å². The summed E-state index contributed by atoms with van der Waals surface area (Å²) in [6.45, 7) is 1.62. The number of aryl methyl sites for hydroxylation is 1. The van der Waals surface area contributed by atoms with Crippen LogP contribution in [-0.2, 0) is 4.79 Å². The van der Waals surface area contributed by atoms with Gasteiger partial charge >= 0.3 is 0 Å². The molecular weight excluding hydrogens is 252 g/mol. The number of nitrogens with zero attached hydrogens (tertiary/aromatic N) is 2. The number of hydrogen-bond donors (Lipinski definition) is 1. The molecule has 1 heterocycles. The first-order valence-electron chi connectivity index (χ1n) is 6.38. The van der Waals surface area contributed by atoms with Crippen LogP contribution in [0.5, 0.6) is 0 Å². The van der Waals surface area contributed by atoms with E-state index in [9.17, 15) is 9.90 Å². The van der Waals surface area contributed by atoms with Crippen LogP contribution in [0.4, 0.5) is 11.4 Å². The van der Waals surface area contributed by atoms with Crippen molar-refractivity contribution in [3.8, 4) is 0 Å². The van der Waals surface area contributed by atoms with Crippen LogP contribution in [0.15, 0.2) is 53.5 Å². The van der Waals surface area contributed by atoms with Gasteiger partial charge in [-0.2, -0.15) is 0 Å². The first-order valence-corrected chi connectivity index (χ1v) is 6.38. The van der Waals surface area contributed by atoms with Gasteiger partial charge in [0.15, 0.2) is 0 Å². The van der Waals surface area contributed by atoms with Gasteiger partial charge in [-0.3, -0.25) is 9.69 Å². The fourth-order valence-corrected chi connectivity index (χ4v) is 2.31. The molecule has 100 valence electrons. The topological polar surface area (TPSA) is 52.9 Å². The predicted molar refractivity (Wildman–Crippen MR) is 78.4 cm³/mol. The van der Waals surface area contributed by atoms with E-state index in [1.54, 1.807) is 0 Å². The number of benzene rings is 2. The number of para-hydroxylation sites is 1. The van der Waals surface area contributed by atoms with E-state index in [1.807, 2.05) is 55.5 Å². The Bertz CT molecular complexity index is 693. The number of carbonyl (C=O) groups excluding carboxylic acids is 1. The highest BCUT2D eigenvalue weighted by Crippen LogP contribution is 2.31. The van der Waals surface area contributed by atoms with E-state index in [4.69, 9.17) is 0 Å². The quantitative estimate of drug-likeness (QED) is 0.907. The number of aliphatic imine (C=N–C) groups is 1. The van der Waals surface area contributed by atoms with Crippen LogP contribution in [0, 0.1) is 6.92 Å². The molecule has 1 aliphatic rings. The second-order valence-corrected chi connectivity index (χ2v) is 4.69. The van der Waals surface area contributed by atoms with E-state index in [1.165, 1.54) is 4.90 Å². The molecule has 4 nitrogen and oxygen atoms in total.